The van der Waals surface area contributed by atoms with Gasteiger partial charge >= 0.3 is 7.82 Å². The molecule has 186 valence electrons. The number of phosphoric acid groups is 1. The standard InChI is InChI=1S/C19H22ClFN5O5PS.ClH/c1-10(2)24-17-4-3-11(7-23-17)18-25-26-19(33-18)13-5-15(21)16(6-14(13)20)30-8-12(22)9-31-32(27,28)29;/h3-7,10,12H,8-9,22H2,1-2H3,(H,23,24)(H2,27,28,29);1H/t12-;/m0./s1. The molecule has 0 aliphatic heterocycles. The average Bonchev–Trinajstić information content (AvgIpc) is 3.22. The Balaban J connectivity index is 0.00000408. The molecule has 3 aromatic rings. The van der Waals surface area contributed by atoms with Crippen molar-refractivity contribution in [2.75, 3.05) is 18.5 Å². The number of ether oxygens (including phenoxy) is 1. The minimum absolute atomic E-state index is 0. The van der Waals surface area contributed by atoms with E-state index >= 15 is 0 Å². The number of phosphoric ester groups is 1. The zero-order valence-corrected chi connectivity index (χ0v) is 21.3. The summed E-state index contributed by atoms with van der Waals surface area (Å²) in [6, 6.07) is 5.51. The summed E-state index contributed by atoms with van der Waals surface area (Å²) in [5.74, 6) is -0.134. The van der Waals surface area contributed by atoms with Crippen LogP contribution < -0.4 is 15.8 Å². The summed E-state index contributed by atoms with van der Waals surface area (Å²) in [5, 5.41) is 12.7. The topological polar surface area (TPSA) is 153 Å². The van der Waals surface area contributed by atoms with Crippen molar-refractivity contribution in [3.63, 3.8) is 0 Å². The van der Waals surface area contributed by atoms with E-state index in [-0.39, 0.29) is 35.8 Å². The van der Waals surface area contributed by atoms with Gasteiger partial charge in [0.2, 0.25) is 0 Å². The molecular formula is C19H23Cl2FN5O5PS. The van der Waals surface area contributed by atoms with E-state index in [2.05, 4.69) is 25.0 Å². The van der Waals surface area contributed by atoms with Crippen LogP contribution in [0.5, 0.6) is 5.75 Å². The van der Waals surface area contributed by atoms with E-state index < -0.39 is 26.3 Å². The molecule has 34 heavy (non-hydrogen) atoms. The van der Waals surface area contributed by atoms with Gasteiger partial charge in [-0.05, 0) is 32.0 Å². The second kappa shape index (κ2) is 12.2. The van der Waals surface area contributed by atoms with Crippen LogP contribution in [0.4, 0.5) is 10.2 Å². The molecule has 0 aliphatic carbocycles. The normalized spacial score (nSPS) is 12.4. The van der Waals surface area contributed by atoms with Gasteiger partial charge in [-0.15, -0.1) is 22.6 Å². The number of pyridine rings is 1. The van der Waals surface area contributed by atoms with Gasteiger partial charge in [-0.25, -0.2) is 13.9 Å². The molecule has 5 N–H and O–H groups in total. The molecule has 0 radical (unpaired) electrons. The Morgan fingerprint density at radius 2 is 1.94 bits per heavy atom. The predicted octanol–water partition coefficient (Wildman–Crippen LogP) is 4.12. The Morgan fingerprint density at radius 1 is 1.24 bits per heavy atom. The predicted molar refractivity (Wildman–Crippen MR) is 131 cm³/mol. The van der Waals surface area contributed by atoms with Crippen molar-refractivity contribution in [3.05, 3.63) is 41.3 Å². The molecule has 0 amide bonds. The van der Waals surface area contributed by atoms with Crippen molar-refractivity contribution < 1.29 is 28.0 Å². The van der Waals surface area contributed by atoms with Crippen LogP contribution in [0.15, 0.2) is 30.5 Å². The van der Waals surface area contributed by atoms with E-state index in [0.717, 1.165) is 11.4 Å². The number of halogens is 3. The van der Waals surface area contributed by atoms with Crippen molar-refractivity contribution in [2.45, 2.75) is 25.9 Å². The summed E-state index contributed by atoms with van der Waals surface area (Å²) in [6.07, 6.45) is 1.67. The number of rotatable bonds is 10. The van der Waals surface area contributed by atoms with E-state index in [1.807, 2.05) is 26.0 Å². The van der Waals surface area contributed by atoms with Gasteiger partial charge < -0.3 is 25.6 Å². The number of aromatic nitrogens is 3. The van der Waals surface area contributed by atoms with Crippen LogP contribution >= 0.6 is 43.2 Å². The number of nitrogens with one attached hydrogen (secondary N) is 1. The summed E-state index contributed by atoms with van der Waals surface area (Å²) in [6.45, 7) is 3.32. The van der Waals surface area contributed by atoms with Gasteiger partial charge in [0.15, 0.2) is 11.6 Å². The van der Waals surface area contributed by atoms with Crippen LogP contribution in [-0.2, 0) is 9.09 Å². The third-order valence-corrected chi connectivity index (χ3v) is 5.84. The van der Waals surface area contributed by atoms with E-state index in [1.54, 1.807) is 6.20 Å². The first-order valence-electron chi connectivity index (χ1n) is 9.66. The van der Waals surface area contributed by atoms with Gasteiger partial charge in [-0.3, -0.25) is 4.52 Å². The molecular weight excluding hydrogens is 531 g/mol. The number of anilines is 1. The van der Waals surface area contributed by atoms with E-state index in [4.69, 9.17) is 31.9 Å². The average molecular weight is 554 g/mol. The molecule has 1 aromatic carbocycles. The summed E-state index contributed by atoms with van der Waals surface area (Å²) in [4.78, 5) is 21.7. The lowest BCUT2D eigenvalue weighted by molar-refractivity contribution is 0.164. The maximum Gasteiger partial charge on any atom is 0.469 e. The third-order valence-electron chi connectivity index (χ3n) is 4.03. The molecule has 0 spiro atoms. The van der Waals surface area contributed by atoms with Crippen molar-refractivity contribution in [1.82, 2.24) is 15.2 Å². The molecule has 0 saturated carbocycles. The smallest absolute Gasteiger partial charge is 0.469 e. The Labute approximate surface area is 210 Å². The molecule has 0 unspecified atom stereocenters. The van der Waals surface area contributed by atoms with Gasteiger partial charge in [-0.1, -0.05) is 22.9 Å². The maximum atomic E-state index is 14.6. The van der Waals surface area contributed by atoms with Gasteiger partial charge in [0.1, 0.15) is 22.4 Å². The zero-order valence-electron chi connectivity index (χ0n) is 18.0. The highest BCUT2D eigenvalue weighted by atomic mass is 35.5. The summed E-state index contributed by atoms with van der Waals surface area (Å²) < 4.78 is 34.9. The van der Waals surface area contributed by atoms with Crippen LogP contribution in [0.25, 0.3) is 21.1 Å². The lowest BCUT2D eigenvalue weighted by atomic mass is 10.2. The molecule has 3 rings (SSSR count). The van der Waals surface area contributed by atoms with E-state index in [9.17, 15) is 8.96 Å². The van der Waals surface area contributed by atoms with Crippen molar-refractivity contribution >= 4 is 49.0 Å². The highest BCUT2D eigenvalue weighted by molar-refractivity contribution is 7.46. The third kappa shape index (κ3) is 8.10. The Hall–Kier alpha value is -1.89. The molecule has 0 bridgehead atoms. The van der Waals surface area contributed by atoms with Gasteiger partial charge in [-0.2, -0.15) is 0 Å². The second-order valence-corrected chi connectivity index (χ2v) is 9.89. The van der Waals surface area contributed by atoms with Gasteiger partial charge in [0.25, 0.3) is 0 Å². The number of benzene rings is 1. The molecule has 15 heteroatoms. The molecule has 0 aliphatic rings. The maximum absolute atomic E-state index is 14.6. The number of hydrogen-bond acceptors (Lipinski definition) is 9. The van der Waals surface area contributed by atoms with Gasteiger partial charge in [0, 0.05) is 29.4 Å². The van der Waals surface area contributed by atoms with Crippen LogP contribution in [0.3, 0.4) is 0 Å². The fourth-order valence-corrected chi connectivity index (χ4v) is 4.14. The lowest BCUT2D eigenvalue weighted by Crippen LogP contribution is -2.32. The number of hydrogen-bond donors (Lipinski definition) is 4. The largest absolute Gasteiger partial charge is 0.489 e. The quantitative estimate of drug-likeness (QED) is 0.269. The lowest BCUT2D eigenvalue weighted by Gasteiger charge is -2.15. The van der Waals surface area contributed by atoms with Crippen molar-refractivity contribution in [3.8, 4) is 26.9 Å². The van der Waals surface area contributed by atoms with Crippen LogP contribution in [0.1, 0.15) is 13.8 Å². The Kier molecular flexibility index (Phi) is 10.2. The molecule has 1 atom stereocenters. The fraction of sp³-hybridized carbons (Fsp3) is 0.316. The Bertz CT molecular complexity index is 1150. The molecule has 2 heterocycles. The van der Waals surface area contributed by atoms with E-state index in [1.165, 1.54) is 23.5 Å². The van der Waals surface area contributed by atoms with E-state index in [0.29, 0.717) is 15.6 Å². The zero-order chi connectivity index (χ0) is 24.2. The Morgan fingerprint density at radius 3 is 2.56 bits per heavy atom. The second-order valence-electron chi connectivity index (χ2n) is 7.26. The number of nitrogens with zero attached hydrogens (tertiary/aromatic N) is 3. The fourth-order valence-electron chi connectivity index (χ4n) is 2.59. The summed E-state index contributed by atoms with van der Waals surface area (Å²) in [7, 11) is -4.65. The molecule has 0 fully saturated rings. The van der Waals surface area contributed by atoms with Crippen LogP contribution in [-0.4, -0.2) is 50.3 Å². The monoisotopic (exact) mass is 553 g/mol. The summed E-state index contributed by atoms with van der Waals surface area (Å²) >= 11 is 7.54. The first-order valence-corrected chi connectivity index (χ1v) is 12.4. The minimum Gasteiger partial charge on any atom is -0.489 e. The van der Waals surface area contributed by atoms with Crippen LogP contribution in [0.2, 0.25) is 5.02 Å². The molecule has 0 saturated heterocycles. The van der Waals surface area contributed by atoms with Crippen LogP contribution in [0, 0.1) is 5.82 Å². The summed E-state index contributed by atoms with van der Waals surface area (Å²) in [5.41, 5.74) is 6.75. The molecule has 10 nitrogen and oxygen atoms in total. The SMILES string of the molecule is CC(C)Nc1ccc(-c2nnc(-c3cc(F)c(OC[C@H](N)COP(=O)(O)O)cc3Cl)s2)cn1.Cl. The van der Waals surface area contributed by atoms with Crippen molar-refractivity contribution in [1.29, 1.82) is 0 Å². The molecule has 2 aromatic heterocycles. The number of nitrogens with two attached hydrogens (primary N) is 1. The van der Waals surface area contributed by atoms with Gasteiger partial charge in [0.05, 0.1) is 17.7 Å². The first-order chi connectivity index (χ1) is 15.5. The minimum atomic E-state index is -4.65. The van der Waals surface area contributed by atoms with Crippen molar-refractivity contribution in [2.24, 2.45) is 5.73 Å². The highest BCUT2D eigenvalue weighted by Gasteiger charge is 2.19. The highest BCUT2D eigenvalue weighted by Crippen LogP contribution is 2.37. The first kappa shape index (κ1) is 28.3.